The molecule has 0 unspecified atom stereocenters. The zero-order valence-electron chi connectivity index (χ0n) is 10.2. The first kappa shape index (κ1) is 11.9. The van der Waals surface area contributed by atoms with Gasteiger partial charge in [-0.05, 0) is 36.3 Å². The molecule has 2 heterocycles. The minimum Gasteiger partial charge on any atom is -0.493 e. The molecule has 0 fully saturated rings. The van der Waals surface area contributed by atoms with Gasteiger partial charge in [0.25, 0.3) is 5.91 Å². The molecule has 0 saturated carbocycles. The highest BCUT2D eigenvalue weighted by molar-refractivity contribution is 7.71. The van der Waals surface area contributed by atoms with Crippen molar-refractivity contribution in [3.05, 3.63) is 44.8 Å². The molecule has 1 aliphatic rings. The maximum absolute atomic E-state index is 12.0. The number of nitrogens with zero attached hydrogens (tertiary/aromatic N) is 1. The van der Waals surface area contributed by atoms with Gasteiger partial charge in [0.1, 0.15) is 5.69 Å². The molecule has 3 N–H and O–H groups in total. The zero-order chi connectivity index (χ0) is 13.6. The Kier molecular flexibility index (Phi) is 2.60. The molecule has 3 rings (SSSR count). The van der Waals surface area contributed by atoms with Crippen molar-refractivity contribution in [1.29, 1.82) is 0 Å². The number of benzene rings is 1. The van der Waals surface area contributed by atoms with Crippen LogP contribution in [0.15, 0.2) is 23.2 Å². The molecule has 1 aromatic heterocycles. The van der Waals surface area contributed by atoms with Gasteiger partial charge in [-0.15, -0.1) is 0 Å². The fourth-order valence-corrected chi connectivity index (χ4v) is 2.38. The molecule has 0 radical (unpaired) electrons. The van der Waals surface area contributed by atoms with Gasteiger partial charge in [0, 0.05) is 5.22 Å². The summed E-state index contributed by atoms with van der Waals surface area (Å²) in [6.07, 6.45) is 0.865. The van der Waals surface area contributed by atoms with Crippen LogP contribution < -0.4 is 10.6 Å². The lowest BCUT2D eigenvalue weighted by atomic mass is 10.1. The molecule has 0 bridgehead atoms. The molecule has 0 saturated heterocycles. The van der Waals surface area contributed by atoms with Crippen LogP contribution in [0.25, 0.3) is 5.57 Å². The summed E-state index contributed by atoms with van der Waals surface area (Å²) in [5.74, 6) is -0.512. The van der Waals surface area contributed by atoms with Crippen molar-refractivity contribution in [2.24, 2.45) is 4.99 Å². The van der Waals surface area contributed by atoms with Gasteiger partial charge < -0.3 is 15.1 Å². The van der Waals surface area contributed by atoms with Crippen molar-refractivity contribution < 1.29 is 9.90 Å². The van der Waals surface area contributed by atoms with Gasteiger partial charge >= 0.3 is 0 Å². The Morgan fingerprint density at radius 3 is 2.79 bits per heavy atom. The highest BCUT2D eigenvalue weighted by atomic mass is 32.1. The summed E-state index contributed by atoms with van der Waals surface area (Å²) < 4.78 is 0.271. The number of aromatic amines is 2. The smallest absolute Gasteiger partial charge is 0.280 e. The molecule has 1 aromatic carbocycles. The van der Waals surface area contributed by atoms with Crippen LogP contribution in [0.2, 0.25) is 0 Å². The van der Waals surface area contributed by atoms with Crippen molar-refractivity contribution >= 4 is 23.7 Å². The number of hydrogen-bond acceptors (Lipinski definition) is 3. The Balaban J connectivity index is 2.40. The predicted octanol–water partition coefficient (Wildman–Crippen LogP) is 0.699. The summed E-state index contributed by atoms with van der Waals surface area (Å²) in [5, 5.41) is 11.1. The third-order valence-corrected chi connectivity index (χ3v) is 3.34. The maximum Gasteiger partial charge on any atom is 0.280 e. The van der Waals surface area contributed by atoms with Crippen molar-refractivity contribution in [2.75, 3.05) is 0 Å². The third-order valence-electron chi connectivity index (χ3n) is 3.13. The number of imidazole rings is 1. The maximum atomic E-state index is 12.0. The Morgan fingerprint density at radius 1 is 1.37 bits per heavy atom. The fourth-order valence-electron chi connectivity index (χ4n) is 2.18. The Hall–Kier alpha value is -2.21. The average molecular weight is 273 g/mol. The summed E-state index contributed by atoms with van der Waals surface area (Å²) in [5.41, 5.74) is 1.76. The quantitative estimate of drug-likeness (QED) is 0.704. The van der Waals surface area contributed by atoms with E-state index < -0.39 is 0 Å². The summed E-state index contributed by atoms with van der Waals surface area (Å²) >= 11 is 4.92. The minimum absolute atomic E-state index is 0.140. The first-order chi connectivity index (χ1) is 9.10. The molecule has 1 amide bonds. The molecule has 1 aliphatic heterocycles. The van der Waals surface area contributed by atoms with Crippen LogP contribution in [0.3, 0.4) is 0 Å². The summed E-state index contributed by atoms with van der Waals surface area (Å²) in [6, 6.07) is 5.68. The SMILES string of the molecule is CCc1ccc2c(c1)=C(c1[nH]c(=S)[nH]c1O)C(=O)N=2. The van der Waals surface area contributed by atoms with Crippen molar-refractivity contribution in [2.45, 2.75) is 13.3 Å². The summed E-state index contributed by atoms with van der Waals surface area (Å²) in [7, 11) is 0. The first-order valence-electron chi connectivity index (χ1n) is 5.88. The van der Waals surface area contributed by atoms with E-state index in [-0.39, 0.29) is 16.6 Å². The molecule has 2 aromatic rings. The minimum atomic E-state index is -0.371. The number of carbonyl (C=O) groups excluding carboxylic acids is 1. The van der Waals surface area contributed by atoms with Crippen LogP contribution in [-0.4, -0.2) is 21.0 Å². The van der Waals surface area contributed by atoms with Gasteiger partial charge in [0.05, 0.1) is 10.9 Å². The van der Waals surface area contributed by atoms with E-state index in [9.17, 15) is 9.90 Å². The van der Waals surface area contributed by atoms with E-state index in [2.05, 4.69) is 15.0 Å². The Morgan fingerprint density at radius 2 is 2.16 bits per heavy atom. The lowest BCUT2D eigenvalue weighted by molar-refractivity contribution is -0.112. The number of H-pyrrole nitrogens is 2. The summed E-state index contributed by atoms with van der Waals surface area (Å²) in [6.45, 7) is 2.04. The van der Waals surface area contributed by atoms with Crippen LogP contribution >= 0.6 is 12.2 Å². The van der Waals surface area contributed by atoms with Gasteiger partial charge in [-0.2, -0.15) is 0 Å². The molecule has 0 spiro atoms. The van der Waals surface area contributed by atoms with E-state index in [1.54, 1.807) is 0 Å². The van der Waals surface area contributed by atoms with Crippen molar-refractivity contribution in [3.8, 4) is 5.88 Å². The number of aromatic nitrogens is 2. The second-order valence-corrected chi connectivity index (χ2v) is 4.71. The number of carbonyl (C=O) groups is 1. The van der Waals surface area contributed by atoms with Crippen LogP contribution in [-0.2, 0) is 11.2 Å². The van der Waals surface area contributed by atoms with E-state index in [1.807, 2.05) is 25.1 Å². The third kappa shape index (κ3) is 1.80. The predicted molar refractivity (Wildman–Crippen MR) is 71.8 cm³/mol. The molecule has 0 atom stereocenters. The van der Waals surface area contributed by atoms with Gasteiger partial charge in [-0.1, -0.05) is 13.0 Å². The number of nitrogens with one attached hydrogen (secondary N) is 2. The first-order valence-corrected chi connectivity index (χ1v) is 6.29. The van der Waals surface area contributed by atoms with E-state index >= 15 is 0 Å². The topological polar surface area (TPSA) is 81.2 Å². The monoisotopic (exact) mass is 273 g/mol. The van der Waals surface area contributed by atoms with Crippen LogP contribution in [0, 0.1) is 4.77 Å². The zero-order valence-corrected chi connectivity index (χ0v) is 11.0. The Labute approximate surface area is 113 Å². The molecule has 19 heavy (non-hydrogen) atoms. The molecular formula is C13H11N3O2S. The molecule has 6 heteroatoms. The molecule has 0 aliphatic carbocycles. The van der Waals surface area contributed by atoms with Crippen LogP contribution in [0.4, 0.5) is 0 Å². The lowest BCUT2D eigenvalue weighted by Gasteiger charge is -1.98. The van der Waals surface area contributed by atoms with Gasteiger partial charge in [0.2, 0.25) is 5.88 Å². The van der Waals surface area contributed by atoms with E-state index in [0.29, 0.717) is 16.6 Å². The van der Waals surface area contributed by atoms with Crippen molar-refractivity contribution in [1.82, 2.24) is 9.97 Å². The molecule has 5 nitrogen and oxygen atoms in total. The van der Waals surface area contributed by atoms with Crippen LogP contribution in [0.5, 0.6) is 5.88 Å². The fraction of sp³-hybridized carbons (Fsp3) is 0.154. The number of aromatic hydroxyl groups is 1. The lowest BCUT2D eigenvalue weighted by Crippen LogP contribution is -2.24. The number of fused-ring (bicyclic) bond motifs is 1. The van der Waals surface area contributed by atoms with E-state index in [4.69, 9.17) is 12.2 Å². The standard InChI is InChI=1S/C13H11N3O2S/c1-2-6-3-4-8-7(5-6)9(11(17)14-8)10-12(18)16-13(19)15-10/h3-5,18H,2H2,1H3,(H2,15,16,19). The molecular weight excluding hydrogens is 262 g/mol. The normalized spacial score (nSPS) is 13.5. The van der Waals surface area contributed by atoms with Crippen LogP contribution in [0.1, 0.15) is 18.2 Å². The second kappa shape index (κ2) is 4.17. The highest BCUT2D eigenvalue weighted by Crippen LogP contribution is 2.21. The number of amides is 1. The van der Waals surface area contributed by atoms with Gasteiger partial charge in [-0.25, -0.2) is 4.99 Å². The largest absolute Gasteiger partial charge is 0.493 e. The van der Waals surface area contributed by atoms with E-state index in [0.717, 1.165) is 17.2 Å². The average Bonchev–Trinajstić information content (AvgIpc) is 2.86. The number of aryl methyl sites for hydroxylation is 1. The van der Waals surface area contributed by atoms with Crippen molar-refractivity contribution in [3.63, 3.8) is 0 Å². The summed E-state index contributed by atoms with van der Waals surface area (Å²) in [4.78, 5) is 21.3. The highest BCUT2D eigenvalue weighted by Gasteiger charge is 2.22. The number of hydrogen-bond donors (Lipinski definition) is 3. The Bertz CT molecular complexity index is 861. The number of rotatable bonds is 2. The van der Waals surface area contributed by atoms with Gasteiger partial charge in [-0.3, -0.25) is 4.79 Å². The van der Waals surface area contributed by atoms with E-state index in [1.165, 1.54) is 0 Å². The van der Waals surface area contributed by atoms with Gasteiger partial charge in [0.15, 0.2) is 4.77 Å². The second-order valence-electron chi connectivity index (χ2n) is 4.30. The molecule has 96 valence electrons.